The molecule has 6 nitrogen and oxygen atoms in total. The fourth-order valence-electron chi connectivity index (χ4n) is 2.81. The highest BCUT2D eigenvalue weighted by Crippen LogP contribution is 2.29. The van der Waals surface area contributed by atoms with Crippen LogP contribution >= 0.6 is 11.3 Å². The fraction of sp³-hybridized carbons (Fsp3) is 0.444. The van der Waals surface area contributed by atoms with Gasteiger partial charge in [-0.05, 0) is 17.7 Å². The molecule has 1 aromatic heterocycles. The van der Waals surface area contributed by atoms with Gasteiger partial charge in [-0.25, -0.2) is 9.37 Å². The second kappa shape index (κ2) is 9.40. The maximum absolute atomic E-state index is 14.5. The van der Waals surface area contributed by atoms with Gasteiger partial charge in [-0.3, -0.25) is 4.99 Å². The molecule has 0 aliphatic carbocycles. The molecular weight excluding hydrogens is 410 g/mol. The van der Waals surface area contributed by atoms with Gasteiger partial charge in [0, 0.05) is 32.1 Å². The standard InChI is InChI=1S/C18H21F4N5OS/c1-23-17(25-10-16-26-15(11-29-16)18(20,21)22)24-9-12-2-3-14(13(19)8-12)27-4-6-28-7-5-27/h2-3,8,11H,4-7,9-10H2,1H3,(H2,23,24,25). The summed E-state index contributed by atoms with van der Waals surface area (Å²) in [5.41, 5.74) is 0.359. The van der Waals surface area contributed by atoms with Crippen molar-refractivity contribution in [1.82, 2.24) is 15.6 Å². The first-order valence-corrected chi connectivity index (χ1v) is 9.82. The lowest BCUT2D eigenvalue weighted by molar-refractivity contribution is -0.140. The third kappa shape index (κ3) is 5.80. The van der Waals surface area contributed by atoms with Crippen molar-refractivity contribution >= 4 is 23.0 Å². The van der Waals surface area contributed by atoms with Crippen LogP contribution in [0.1, 0.15) is 16.3 Å². The van der Waals surface area contributed by atoms with Crippen LogP contribution in [0.15, 0.2) is 28.6 Å². The van der Waals surface area contributed by atoms with Crippen LogP contribution in [0.5, 0.6) is 0 Å². The van der Waals surface area contributed by atoms with E-state index >= 15 is 0 Å². The van der Waals surface area contributed by atoms with Crippen molar-refractivity contribution in [3.05, 3.63) is 45.7 Å². The highest BCUT2D eigenvalue weighted by Gasteiger charge is 2.33. The minimum absolute atomic E-state index is 0.102. The molecule has 0 saturated carbocycles. The van der Waals surface area contributed by atoms with E-state index in [2.05, 4.69) is 20.6 Å². The zero-order valence-electron chi connectivity index (χ0n) is 15.7. The number of rotatable bonds is 5. The number of nitrogens with one attached hydrogen (secondary N) is 2. The van der Waals surface area contributed by atoms with Crippen molar-refractivity contribution in [2.45, 2.75) is 19.3 Å². The first kappa shape index (κ1) is 21.3. The Kier molecular flexibility index (Phi) is 6.91. The second-order valence-corrected chi connectivity index (χ2v) is 7.23. The second-order valence-electron chi connectivity index (χ2n) is 6.29. The van der Waals surface area contributed by atoms with Crippen LogP contribution in [0.3, 0.4) is 0 Å². The summed E-state index contributed by atoms with van der Waals surface area (Å²) in [6.45, 7) is 2.87. The number of thiazole rings is 1. The molecule has 0 bridgehead atoms. The summed E-state index contributed by atoms with van der Waals surface area (Å²) in [6, 6.07) is 5.02. The van der Waals surface area contributed by atoms with Gasteiger partial charge >= 0.3 is 6.18 Å². The van der Waals surface area contributed by atoms with Crippen molar-refractivity contribution in [3.63, 3.8) is 0 Å². The van der Waals surface area contributed by atoms with Gasteiger partial charge in [-0.2, -0.15) is 13.2 Å². The van der Waals surface area contributed by atoms with Crippen molar-refractivity contribution in [2.24, 2.45) is 4.99 Å². The minimum atomic E-state index is -4.45. The Morgan fingerprint density at radius 2 is 1.97 bits per heavy atom. The maximum atomic E-state index is 14.5. The molecule has 0 unspecified atom stereocenters. The van der Waals surface area contributed by atoms with Gasteiger partial charge in [0.1, 0.15) is 10.8 Å². The third-order valence-electron chi connectivity index (χ3n) is 4.30. The number of halogens is 4. The first-order valence-electron chi connectivity index (χ1n) is 8.94. The largest absolute Gasteiger partial charge is 0.434 e. The molecule has 1 aromatic carbocycles. The lowest BCUT2D eigenvalue weighted by atomic mass is 10.1. The topological polar surface area (TPSA) is 61.8 Å². The predicted molar refractivity (Wildman–Crippen MR) is 104 cm³/mol. The van der Waals surface area contributed by atoms with Gasteiger partial charge in [0.05, 0.1) is 25.4 Å². The van der Waals surface area contributed by atoms with E-state index < -0.39 is 11.9 Å². The van der Waals surface area contributed by atoms with Gasteiger partial charge in [-0.15, -0.1) is 11.3 Å². The van der Waals surface area contributed by atoms with Gasteiger partial charge in [-0.1, -0.05) is 6.07 Å². The Labute approximate surface area is 169 Å². The third-order valence-corrected chi connectivity index (χ3v) is 5.15. The number of aliphatic imine (C=N–C) groups is 1. The number of nitrogens with zero attached hydrogens (tertiary/aromatic N) is 3. The van der Waals surface area contributed by atoms with Crippen LogP contribution in [0.2, 0.25) is 0 Å². The Morgan fingerprint density at radius 1 is 1.24 bits per heavy atom. The smallest absolute Gasteiger partial charge is 0.378 e. The number of aromatic nitrogens is 1. The zero-order valence-corrected chi connectivity index (χ0v) is 16.5. The van der Waals surface area contributed by atoms with E-state index in [1.807, 2.05) is 11.0 Å². The summed E-state index contributed by atoms with van der Waals surface area (Å²) in [5, 5.41) is 7.19. The van der Waals surface area contributed by atoms with E-state index in [4.69, 9.17) is 4.74 Å². The van der Waals surface area contributed by atoms with Crippen LogP contribution in [0.25, 0.3) is 0 Å². The average Bonchev–Trinajstić information content (AvgIpc) is 3.18. The van der Waals surface area contributed by atoms with E-state index in [0.29, 0.717) is 49.5 Å². The quantitative estimate of drug-likeness (QED) is 0.433. The lowest BCUT2D eigenvalue weighted by Gasteiger charge is -2.29. The predicted octanol–water partition coefficient (Wildman–Crippen LogP) is 3.00. The summed E-state index contributed by atoms with van der Waals surface area (Å²) >= 11 is 0.921. The van der Waals surface area contributed by atoms with Crippen LogP contribution in [0, 0.1) is 5.82 Å². The molecule has 1 fully saturated rings. The number of anilines is 1. The number of hydrogen-bond acceptors (Lipinski definition) is 5. The molecule has 158 valence electrons. The summed E-state index contributed by atoms with van der Waals surface area (Å²) in [7, 11) is 1.54. The molecule has 1 aliphatic heterocycles. The van der Waals surface area contributed by atoms with Crippen LogP contribution < -0.4 is 15.5 Å². The number of benzene rings is 1. The van der Waals surface area contributed by atoms with Gasteiger partial charge in [0.15, 0.2) is 11.7 Å². The molecule has 1 saturated heterocycles. The highest BCUT2D eigenvalue weighted by atomic mass is 32.1. The van der Waals surface area contributed by atoms with Crippen molar-refractivity contribution in [1.29, 1.82) is 0 Å². The molecule has 0 atom stereocenters. The summed E-state index contributed by atoms with van der Waals surface area (Å²) in [4.78, 5) is 9.52. The molecule has 11 heteroatoms. The van der Waals surface area contributed by atoms with Crippen molar-refractivity contribution < 1.29 is 22.3 Å². The SMILES string of the molecule is CN=C(NCc1ccc(N2CCOCC2)c(F)c1)NCc1nc(C(F)(F)F)cs1. The van der Waals surface area contributed by atoms with Crippen molar-refractivity contribution in [2.75, 3.05) is 38.3 Å². The lowest BCUT2D eigenvalue weighted by Crippen LogP contribution is -2.37. The van der Waals surface area contributed by atoms with Crippen LogP contribution in [-0.4, -0.2) is 44.3 Å². The summed E-state index contributed by atoms with van der Waals surface area (Å²) < 4.78 is 57.5. The molecule has 2 aromatic rings. The number of ether oxygens (including phenoxy) is 1. The molecule has 2 N–H and O–H groups in total. The molecule has 0 spiro atoms. The molecule has 0 amide bonds. The van der Waals surface area contributed by atoms with Gasteiger partial charge < -0.3 is 20.3 Å². The molecule has 1 aliphatic rings. The van der Waals surface area contributed by atoms with Crippen molar-refractivity contribution in [3.8, 4) is 0 Å². The molecule has 0 radical (unpaired) electrons. The van der Waals surface area contributed by atoms with Crippen LogP contribution in [-0.2, 0) is 24.0 Å². The Hall–Kier alpha value is -2.40. The molecule has 3 rings (SSSR count). The molecule has 29 heavy (non-hydrogen) atoms. The maximum Gasteiger partial charge on any atom is 0.434 e. The van der Waals surface area contributed by atoms with E-state index in [0.717, 1.165) is 22.3 Å². The number of guanidine groups is 1. The zero-order chi connectivity index (χ0) is 20.9. The summed E-state index contributed by atoms with van der Waals surface area (Å²) in [6.07, 6.45) is -4.45. The van der Waals surface area contributed by atoms with Gasteiger partial charge in [0.25, 0.3) is 0 Å². The van der Waals surface area contributed by atoms with Gasteiger partial charge in [0.2, 0.25) is 0 Å². The molecule has 2 heterocycles. The van der Waals surface area contributed by atoms with E-state index in [1.165, 1.54) is 6.07 Å². The average molecular weight is 431 g/mol. The monoisotopic (exact) mass is 431 g/mol. The highest BCUT2D eigenvalue weighted by molar-refractivity contribution is 7.09. The van der Waals surface area contributed by atoms with E-state index in [-0.39, 0.29) is 12.4 Å². The minimum Gasteiger partial charge on any atom is -0.378 e. The van der Waals surface area contributed by atoms with E-state index in [1.54, 1.807) is 13.1 Å². The Morgan fingerprint density at radius 3 is 2.59 bits per heavy atom. The first-order chi connectivity index (χ1) is 13.9. The van der Waals surface area contributed by atoms with Crippen LogP contribution in [0.4, 0.5) is 23.2 Å². The summed E-state index contributed by atoms with van der Waals surface area (Å²) in [5.74, 6) is 0.0723. The normalized spacial score (nSPS) is 15.5. The van der Waals surface area contributed by atoms with E-state index in [9.17, 15) is 17.6 Å². The molecular formula is C18H21F4N5OS. The Bertz CT molecular complexity index is 849. The number of alkyl halides is 3. The number of hydrogen-bond donors (Lipinski definition) is 2. The Balaban J connectivity index is 1.52. The number of morpholine rings is 1. The fourth-order valence-corrected chi connectivity index (χ4v) is 3.55.